The molecule has 1 unspecified atom stereocenters. The number of ether oxygens (including phenoxy) is 2. The van der Waals surface area contributed by atoms with Gasteiger partial charge in [-0.25, -0.2) is 0 Å². The Hall–Kier alpha value is -2.30. The summed E-state index contributed by atoms with van der Waals surface area (Å²) in [6.45, 7) is 1.80. The van der Waals surface area contributed by atoms with E-state index in [9.17, 15) is 18.0 Å². The number of amides is 1. The highest BCUT2D eigenvalue weighted by Gasteiger charge is 2.59. The van der Waals surface area contributed by atoms with Gasteiger partial charge in [0.15, 0.2) is 6.29 Å². The molecule has 0 bridgehead atoms. The first kappa shape index (κ1) is 25.3. The van der Waals surface area contributed by atoms with Gasteiger partial charge in [0.05, 0.1) is 12.2 Å². The first-order valence-corrected chi connectivity index (χ1v) is 10.4. The molecule has 33 heavy (non-hydrogen) atoms. The van der Waals surface area contributed by atoms with Gasteiger partial charge in [-0.15, -0.1) is 0 Å². The number of aryl methyl sites for hydroxylation is 1. The lowest BCUT2D eigenvalue weighted by Crippen LogP contribution is -2.42. The Bertz CT molecular complexity index is 1050. The predicted molar refractivity (Wildman–Crippen MR) is 118 cm³/mol. The molecule has 178 valence electrons. The van der Waals surface area contributed by atoms with Crippen LogP contribution in [0.4, 0.5) is 13.2 Å². The predicted octanol–water partition coefficient (Wildman–Crippen LogP) is 4.98. The Labute approximate surface area is 198 Å². The topological polar surface area (TPSA) is 68.8 Å². The Kier molecular flexibility index (Phi) is 7.60. The quantitative estimate of drug-likeness (QED) is 0.520. The van der Waals surface area contributed by atoms with E-state index in [1.165, 1.54) is 32.4 Å². The van der Waals surface area contributed by atoms with E-state index < -0.39 is 18.1 Å². The van der Waals surface area contributed by atoms with E-state index in [0.717, 1.165) is 18.2 Å². The van der Waals surface area contributed by atoms with Crippen molar-refractivity contribution in [2.75, 3.05) is 20.8 Å². The van der Waals surface area contributed by atoms with E-state index in [0.29, 0.717) is 16.7 Å². The molecule has 2 aromatic carbocycles. The van der Waals surface area contributed by atoms with Crippen molar-refractivity contribution in [2.45, 2.75) is 25.0 Å². The van der Waals surface area contributed by atoms with Crippen LogP contribution in [0.3, 0.4) is 0 Å². The van der Waals surface area contributed by atoms with Gasteiger partial charge in [0.1, 0.15) is 0 Å². The molecule has 0 saturated carbocycles. The maximum absolute atomic E-state index is 14.1. The molecule has 0 radical (unpaired) electrons. The largest absolute Gasteiger partial charge is 0.428 e. The minimum Gasteiger partial charge on any atom is -0.354 e. The van der Waals surface area contributed by atoms with Crippen molar-refractivity contribution >= 4 is 34.8 Å². The molecule has 0 aromatic heterocycles. The number of halogens is 5. The van der Waals surface area contributed by atoms with Crippen molar-refractivity contribution in [3.63, 3.8) is 0 Å². The van der Waals surface area contributed by atoms with Crippen molar-refractivity contribution in [2.24, 2.45) is 0 Å². The van der Waals surface area contributed by atoms with Crippen LogP contribution in [0.2, 0.25) is 10.0 Å². The summed E-state index contributed by atoms with van der Waals surface area (Å²) in [5, 5.41) is 2.77. The summed E-state index contributed by atoms with van der Waals surface area (Å²) in [6, 6.07) is 8.24. The van der Waals surface area contributed by atoms with Crippen LogP contribution in [0.15, 0.2) is 42.5 Å². The summed E-state index contributed by atoms with van der Waals surface area (Å²) in [4.78, 5) is 17.6. The summed E-state index contributed by atoms with van der Waals surface area (Å²) < 4.78 is 52.5. The zero-order chi connectivity index (χ0) is 24.4. The highest BCUT2D eigenvalue weighted by atomic mass is 35.5. The standard InChI is InChI=1S/C22H21Cl2F3N2O4/c1-12-6-13(4-5-17(12)20(30)28-11-19(31-2)32-3)18-10-21(33-29-18,22(25,26)27)14-7-15(23)9-16(24)8-14/h4-10,19,29H,11H2,1-3H3,(H,28,30). The molecule has 1 atom stereocenters. The number of methoxy groups -OCH3 is 2. The van der Waals surface area contributed by atoms with Gasteiger partial charge in [-0.3, -0.25) is 15.1 Å². The highest BCUT2D eigenvalue weighted by Crippen LogP contribution is 2.48. The van der Waals surface area contributed by atoms with Gasteiger partial charge in [0.25, 0.3) is 5.91 Å². The Balaban J connectivity index is 1.92. The molecule has 1 heterocycles. The Morgan fingerprint density at radius 3 is 2.33 bits per heavy atom. The van der Waals surface area contributed by atoms with Gasteiger partial charge < -0.3 is 14.8 Å². The Morgan fingerprint density at radius 2 is 1.79 bits per heavy atom. The molecule has 2 N–H and O–H groups in total. The molecule has 2 aromatic rings. The number of carbonyl (C=O) groups is 1. The zero-order valence-electron chi connectivity index (χ0n) is 17.8. The van der Waals surface area contributed by atoms with E-state index in [2.05, 4.69) is 10.8 Å². The first-order chi connectivity index (χ1) is 15.5. The van der Waals surface area contributed by atoms with E-state index in [1.807, 2.05) is 0 Å². The van der Waals surface area contributed by atoms with Gasteiger partial charge in [-0.1, -0.05) is 29.3 Å². The van der Waals surface area contributed by atoms with Gasteiger partial charge in [-0.2, -0.15) is 13.2 Å². The molecule has 0 saturated heterocycles. The molecule has 1 amide bonds. The number of hydroxylamine groups is 1. The van der Waals surface area contributed by atoms with E-state index >= 15 is 0 Å². The van der Waals surface area contributed by atoms with E-state index in [4.69, 9.17) is 37.5 Å². The maximum Gasteiger partial charge on any atom is 0.428 e. The average Bonchev–Trinajstić information content (AvgIpc) is 3.20. The maximum atomic E-state index is 14.1. The smallest absolute Gasteiger partial charge is 0.354 e. The van der Waals surface area contributed by atoms with Gasteiger partial charge >= 0.3 is 6.18 Å². The molecule has 11 heteroatoms. The molecule has 0 aliphatic carbocycles. The van der Waals surface area contributed by atoms with Crippen LogP contribution < -0.4 is 10.8 Å². The summed E-state index contributed by atoms with van der Waals surface area (Å²) in [7, 11) is 2.90. The second-order valence-electron chi connectivity index (χ2n) is 7.29. The lowest BCUT2D eigenvalue weighted by Gasteiger charge is -2.28. The number of nitrogens with one attached hydrogen (secondary N) is 2. The normalized spacial score (nSPS) is 18.3. The zero-order valence-corrected chi connectivity index (χ0v) is 19.4. The first-order valence-electron chi connectivity index (χ1n) is 9.65. The lowest BCUT2D eigenvalue weighted by molar-refractivity contribution is -0.269. The van der Waals surface area contributed by atoms with Gasteiger partial charge in [0, 0.05) is 35.4 Å². The second kappa shape index (κ2) is 9.90. The minimum atomic E-state index is -4.82. The van der Waals surface area contributed by atoms with E-state index in [1.54, 1.807) is 13.0 Å². The van der Waals surface area contributed by atoms with Crippen molar-refractivity contribution in [1.29, 1.82) is 0 Å². The van der Waals surface area contributed by atoms with Crippen LogP contribution in [0.25, 0.3) is 5.70 Å². The lowest BCUT2D eigenvalue weighted by atomic mass is 9.91. The third kappa shape index (κ3) is 5.28. The van der Waals surface area contributed by atoms with Crippen molar-refractivity contribution in [3.05, 3.63) is 74.8 Å². The number of rotatable bonds is 7. The van der Waals surface area contributed by atoms with Crippen LogP contribution in [0.5, 0.6) is 0 Å². The van der Waals surface area contributed by atoms with Crippen LogP contribution in [0.1, 0.15) is 27.0 Å². The number of hydrogen-bond donors (Lipinski definition) is 2. The fourth-order valence-electron chi connectivity index (χ4n) is 3.37. The number of hydrogen-bond acceptors (Lipinski definition) is 5. The van der Waals surface area contributed by atoms with Gasteiger partial charge in [-0.05, 0) is 54.5 Å². The Morgan fingerprint density at radius 1 is 1.15 bits per heavy atom. The molecule has 0 spiro atoms. The molecule has 1 aliphatic heterocycles. The fourth-order valence-corrected chi connectivity index (χ4v) is 3.90. The SMILES string of the molecule is COC(CNC(=O)c1ccc(C2=CC(c3cc(Cl)cc(Cl)c3)(C(F)(F)F)ON2)cc1C)OC. The molecule has 6 nitrogen and oxygen atoms in total. The van der Waals surface area contributed by atoms with E-state index in [-0.39, 0.29) is 33.8 Å². The third-order valence-corrected chi connectivity index (χ3v) is 5.56. The summed E-state index contributed by atoms with van der Waals surface area (Å²) in [5.74, 6) is -0.374. The highest BCUT2D eigenvalue weighted by molar-refractivity contribution is 6.34. The second-order valence-corrected chi connectivity index (χ2v) is 8.17. The van der Waals surface area contributed by atoms with Crippen molar-refractivity contribution in [3.8, 4) is 0 Å². The summed E-state index contributed by atoms with van der Waals surface area (Å²) >= 11 is 11.8. The van der Waals surface area contributed by atoms with Crippen molar-refractivity contribution in [1.82, 2.24) is 10.8 Å². The number of alkyl halides is 3. The molecular weight excluding hydrogens is 484 g/mol. The van der Waals surface area contributed by atoms with Gasteiger partial charge in [0.2, 0.25) is 5.60 Å². The van der Waals surface area contributed by atoms with Crippen LogP contribution in [-0.4, -0.2) is 39.1 Å². The minimum absolute atomic E-state index is 0.0435. The van der Waals surface area contributed by atoms with Crippen LogP contribution in [-0.2, 0) is 19.9 Å². The number of benzene rings is 2. The van der Waals surface area contributed by atoms with Crippen molar-refractivity contribution < 1.29 is 32.3 Å². The van der Waals surface area contributed by atoms with Crippen LogP contribution in [0, 0.1) is 6.92 Å². The average molecular weight is 505 g/mol. The summed E-state index contributed by atoms with van der Waals surface area (Å²) in [5.41, 5.74) is 0.679. The monoisotopic (exact) mass is 504 g/mol. The fraction of sp³-hybridized carbons (Fsp3) is 0.318. The number of carbonyl (C=O) groups excluding carboxylic acids is 1. The molecular formula is C22H21Cl2F3N2O4. The van der Waals surface area contributed by atoms with Crippen LogP contribution >= 0.6 is 23.2 Å². The molecule has 3 rings (SSSR count). The molecule has 1 aliphatic rings. The summed E-state index contributed by atoms with van der Waals surface area (Å²) in [6.07, 6.45) is -4.50. The third-order valence-electron chi connectivity index (χ3n) is 5.12. The molecule has 0 fully saturated rings.